The zero-order valence-corrected chi connectivity index (χ0v) is 16.5. The molecule has 1 aliphatic carbocycles. The summed E-state index contributed by atoms with van der Waals surface area (Å²) in [6.07, 6.45) is 8.81. The maximum absolute atomic E-state index is 11.9. The number of nitrogens with zero attached hydrogens (tertiary/aromatic N) is 4. The van der Waals surface area contributed by atoms with Crippen LogP contribution in [-0.2, 0) is 0 Å². The number of nitrogens with two attached hydrogens (primary N) is 2. The molecule has 0 bridgehead atoms. The number of hydrogen-bond acceptors (Lipinski definition) is 8. The van der Waals surface area contributed by atoms with Crippen LogP contribution in [0.15, 0.2) is 48.9 Å². The molecule has 9 nitrogen and oxygen atoms in total. The normalized spacial score (nSPS) is 18.6. The molecule has 1 fully saturated rings. The molecule has 9 heteroatoms. The number of nitrogens with one attached hydrogen (secondary N) is 2. The fraction of sp³-hybridized carbons (Fsp3) is 0.286. The van der Waals surface area contributed by atoms with Crippen LogP contribution in [0.1, 0.15) is 36.2 Å². The van der Waals surface area contributed by atoms with Crippen LogP contribution in [0.2, 0.25) is 0 Å². The van der Waals surface area contributed by atoms with E-state index in [4.69, 9.17) is 11.5 Å². The molecule has 0 aliphatic heterocycles. The first-order valence-electron chi connectivity index (χ1n) is 9.92. The van der Waals surface area contributed by atoms with E-state index in [9.17, 15) is 4.79 Å². The van der Waals surface area contributed by atoms with Crippen LogP contribution in [0.5, 0.6) is 0 Å². The molecule has 0 radical (unpaired) electrons. The molecule has 1 amide bonds. The van der Waals surface area contributed by atoms with Gasteiger partial charge in [-0.15, -0.1) is 0 Å². The van der Waals surface area contributed by atoms with Crippen molar-refractivity contribution in [2.45, 2.75) is 37.8 Å². The molecule has 2 heterocycles. The molecule has 4 rings (SSSR count). The van der Waals surface area contributed by atoms with Gasteiger partial charge in [-0.1, -0.05) is 12.1 Å². The zero-order valence-electron chi connectivity index (χ0n) is 16.5. The standard InChI is InChI=1S/C21H24N8O/c22-14-5-7-15(8-6-14)27-17-12-26-18(19(23)30)21(29-17)28-16-4-1-3-13(11-16)20-24-9-2-10-25-20/h1-4,9-12,14-15H,5-8,22H2,(H2,23,30)(H2,27,28,29)/t14-,15+. The second kappa shape index (κ2) is 8.83. The summed E-state index contributed by atoms with van der Waals surface area (Å²) in [5.74, 6) is 0.840. The lowest BCUT2D eigenvalue weighted by Crippen LogP contribution is -2.33. The fourth-order valence-electron chi connectivity index (χ4n) is 3.52. The van der Waals surface area contributed by atoms with Crippen LogP contribution in [0.3, 0.4) is 0 Å². The predicted molar refractivity (Wildman–Crippen MR) is 115 cm³/mol. The minimum absolute atomic E-state index is 0.0765. The van der Waals surface area contributed by atoms with E-state index < -0.39 is 5.91 Å². The van der Waals surface area contributed by atoms with Crippen LogP contribution in [0.4, 0.5) is 17.3 Å². The number of carbonyl (C=O) groups excluding carboxylic acids is 1. The molecule has 1 aromatic carbocycles. The number of rotatable bonds is 6. The van der Waals surface area contributed by atoms with E-state index in [2.05, 4.69) is 30.6 Å². The Labute approximate surface area is 174 Å². The van der Waals surface area contributed by atoms with Gasteiger partial charge in [0.2, 0.25) is 0 Å². The molecule has 30 heavy (non-hydrogen) atoms. The third kappa shape index (κ3) is 4.69. The fourth-order valence-corrected chi connectivity index (χ4v) is 3.52. The average Bonchev–Trinajstić information content (AvgIpc) is 2.76. The largest absolute Gasteiger partial charge is 0.366 e. The Morgan fingerprint density at radius 2 is 1.80 bits per heavy atom. The van der Waals surface area contributed by atoms with Gasteiger partial charge >= 0.3 is 0 Å². The van der Waals surface area contributed by atoms with Crippen molar-refractivity contribution in [1.82, 2.24) is 19.9 Å². The van der Waals surface area contributed by atoms with Gasteiger partial charge < -0.3 is 22.1 Å². The lowest BCUT2D eigenvalue weighted by atomic mass is 9.92. The Morgan fingerprint density at radius 1 is 1.03 bits per heavy atom. The summed E-state index contributed by atoms with van der Waals surface area (Å²) in [5.41, 5.74) is 13.1. The van der Waals surface area contributed by atoms with Gasteiger partial charge in [-0.3, -0.25) is 4.79 Å². The number of aromatic nitrogens is 4. The lowest BCUT2D eigenvalue weighted by molar-refractivity contribution is 0.0996. The highest BCUT2D eigenvalue weighted by Gasteiger charge is 2.20. The monoisotopic (exact) mass is 404 g/mol. The van der Waals surface area contributed by atoms with Gasteiger partial charge in [-0.25, -0.2) is 19.9 Å². The van der Waals surface area contributed by atoms with Crippen LogP contribution in [0.25, 0.3) is 11.4 Å². The SMILES string of the molecule is NC(=O)c1ncc(N[C@H]2CC[C@@H](N)CC2)nc1Nc1cccc(-c2ncccn2)c1. The molecule has 1 saturated carbocycles. The topological polar surface area (TPSA) is 145 Å². The van der Waals surface area contributed by atoms with E-state index in [0.29, 0.717) is 17.5 Å². The van der Waals surface area contributed by atoms with E-state index in [1.807, 2.05) is 24.3 Å². The quantitative estimate of drug-likeness (QED) is 0.490. The smallest absolute Gasteiger partial charge is 0.271 e. The van der Waals surface area contributed by atoms with Crippen LogP contribution in [-0.4, -0.2) is 37.9 Å². The molecular weight excluding hydrogens is 380 g/mol. The highest BCUT2D eigenvalue weighted by molar-refractivity contribution is 5.96. The van der Waals surface area contributed by atoms with E-state index in [-0.39, 0.29) is 17.8 Å². The summed E-state index contributed by atoms with van der Waals surface area (Å²) in [6, 6.07) is 9.84. The summed E-state index contributed by atoms with van der Waals surface area (Å²) in [5, 5.41) is 6.55. The highest BCUT2D eigenvalue weighted by atomic mass is 16.1. The third-order valence-electron chi connectivity index (χ3n) is 5.08. The van der Waals surface area contributed by atoms with Gasteiger partial charge in [-0.05, 0) is 43.9 Å². The second-order valence-electron chi connectivity index (χ2n) is 7.35. The Hall–Kier alpha value is -3.59. The number of benzene rings is 1. The van der Waals surface area contributed by atoms with E-state index in [0.717, 1.165) is 36.9 Å². The lowest BCUT2D eigenvalue weighted by Gasteiger charge is -2.27. The van der Waals surface area contributed by atoms with Crippen molar-refractivity contribution >= 4 is 23.2 Å². The van der Waals surface area contributed by atoms with Crippen molar-refractivity contribution in [3.8, 4) is 11.4 Å². The third-order valence-corrected chi connectivity index (χ3v) is 5.08. The molecule has 0 spiro atoms. The first kappa shape index (κ1) is 19.7. The molecule has 0 atom stereocenters. The van der Waals surface area contributed by atoms with Crippen molar-refractivity contribution in [2.24, 2.45) is 11.5 Å². The Morgan fingerprint density at radius 3 is 2.53 bits per heavy atom. The zero-order chi connectivity index (χ0) is 20.9. The molecule has 0 saturated heterocycles. The number of primary amides is 1. The highest BCUT2D eigenvalue weighted by Crippen LogP contribution is 2.25. The maximum atomic E-state index is 11.9. The molecule has 2 aromatic heterocycles. The number of amides is 1. The molecule has 1 aliphatic rings. The number of hydrogen-bond donors (Lipinski definition) is 4. The van der Waals surface area contributed by atoms with Crippen LogP contribution >= 0.6 is 0 Å². The van der Waals surface area contributed by atoms with Gasteiger partial charge in [0.1, 0.15) is 5.82 Å². The number of carbonyl (C=O) groups is 1. The molecule has 3 aromatic rings. The van der Waals surface area contributed by atoms with Crippen molar-refractivity contribution < 1.29 is 4.79 Å². The summed E-state index contributed by atoms with van der Waals surface area (Å²) in [4.78, 5) is 29.2. The van der Waals surface area contributed by atoms with Gasteiger partial charge in [0.05, 0.1) is 6.20 Å². The van der Waals surface area contributed by atoms with Crippen molar-refractivity contribution in [1.29, 1.82) is 0 Å². The minimum atomic E-state index is -0.650. The Kier molecular flexibility index (Phi) is 5.80. The minimum Gasteiger partial charge on any atom is -0.366 e. The molecule has 154 valence electrons. The van der Waals surface area contributed by atoms with Crippen molar-refractivity contribution in [2.75, 3.05) is 10.6 Å². The summed E-state index contributed by atoms with van der Waals surface area (Å²) >= 11 is 0. The molecule has 0 unspecified atom stereocenters. The van der Waals surface area contributed by atoms with E-state index in [1.165, 1.54) is 6.20 Å². The second-order valence-corrected chi connectivity index (χ2v) is 7.35. The average molecular weight is 404 g/mol. The first-order chi connectivity index (χ1) is 14.6. The van der Waals surface area contributed by atoms with Crippen LogP contribution in [0, 0.1) is 0 Å². The Bertz CT molecular complexity index is 1020. The van der Waals surface area contributed by atoms with Gasteiger partial charge in [0, 0.05) is 35.7 Å². The maximum Gasteiger partial charge on any atom is 0.271 e. The van der Waals surface area contributed by atoms with Crippen molar-refractivity contribution in [3.05, 3.63) is 54.6 Å². The molecule has 6 N–H and O–H groups in total. The summed E-state index contributed by atoms with van der Waals surface area (Å²) in [7, 11) is 0. The van der Waals surface area contributed by atoms with E-state index in [1.54, 1.807) is 18.5 Å². The van der Waals surface area contributed by atoms with Crippen LogP contribution < -0.4 is 22.1 Å². The summed E-state index contributed by atoms with van der Waals surface area (Å²) < 4.78 is 0. The number of anilines is 3. The van der Waals surface area contributed by atoms with Gasteiger partial charge in [0.15, 0.2) is 17.3 Å². The predicted octanol–water partition coefficient (Wildman–Crippen LogP) is 2.46. The van der Waals surface area contributed by atoms with Crippen molar-refractivity contribution in [3.63, 3.8) is 0 Å². The molecular formula is C21H24N8O. The van der Waals surface area contributed by atoms with Gasteiger partial charge in [-0.2, -0.15) is 0 Å². The summed E-state index contributed by atoms with van der Waals surface area (Å²) in [6.45, 7) is 0. The first-order valence-corrected chi connectivity index (χ1v) is 9.92. The van der Waals surface area contributed by atoms with E-state index >= 15 is 0 Å². The van der Waals surface area contributed by atoms with Gasteiger partial charge in [0.25, 0.3) is 5.91 Å². The Balaban J connectivity index is 1.57.